The number of carbonyl (C=O) groups excluding carboxylic acids is 1. The summed E-state index contributed by atoms with van der Waals surface area (Å²) < 4.78 is 0. The molecule has 4 aromatic carbocycles. The third-order valence-corrected chi connectivity index (χ3v) is 16.0. The van der Waals surface area contributed by atoms with Gasteiger partial charge in [0, 0.05) is 51.9 Å². The average molecular weight is 941 g/mol. The van der Waals surface area contributed by atoms with E-state index in [1.165, 1.54) is 111 Å². The summed E-state index contributed by atoms with van der Waals surface area (Å²) in [5, 5.41) is 30.2. The van der Waals surface area contributed by atoms with Crippen molar-refractivity contribution in [1.82, 2.24) is 20.2 Å². The van der Waals surface area contributed by atoms with Crippen molar-refractivity contribution in [2.24, 2.45) is 23.7 Å². The van der Waals surface area contributed by atoms with Crippen molar-refractivity contribution in [3.05, 3.63) is 107 Å². The van der Waals surface area contributed by atoms with Crippen molar-refractivity contribution in [3.63, 3.8) is 0 Å². The number of anilines is 4. The summed E-state index contributed by atoms with van der Waals surface area (Å²) in [5.41, 5.74) is 4.33. The lowest BCUT2D eigenvalue weighted by Gasteiger charge is -2.33. The average Bonchev–Trinajstić information content (AvgIpc) is 4.04. The predicted octanol–water partition coefficient (Wildman–Crippen LogP) is 14.9. The number of amides is 1. The van der Waals surface area contributed by atoms with Gasteiger partial charge in [0.15, 0.2) is 10.3 Å². The quantitative estimate of drug-likeness (QED) is 0.0852. The minimum absolute atomic E-state index is 0.0289. The van der Waals surface area contributed by atoms with Crippen molar-refractivity contribution >= 4 is 77.7 Å². The SMILES string of the molecule is O=C(C1CCCCC1)N(Cc1csc(Nc2cccc3ccccc23)n1)CC1CCCCC1.O=C(O)C1CCCCC1.c1ccc2c(Nc3nc(CNCC4CCCCC4)cs3)cccc2c1. The lowest BCUT2D eigenvalue weighted by Crippen LogP contribution is -2.40. The van der Waals surface area contributed by atoms with Gasteiger partial charge in [-0.1, -0.05) is 150 Å². The maximum absolute atomic E-state index is 13.5. The summed E-state index contributed by atoms with van der Waals surface area (Å²) in [4.78, 5) is 35.6. The van der Waals surface area contributed by atoms with Gasteiger partial charge in [0.05, 0.1) is 23.9 Å². The van der Waals surface area contributed by atoms with Gasteiger partial charge < -0.3 is 26.0 Å². The van der Waals surface area contributed by atoms with Gasteiger partial charge in [0.25, 0.3) is 0 Å². The van der Waals surface area contributed by atoms with E-state index < -0.39 is 5.97 Å². The van der Waals surface area contributed by atoms with Crippen LogP contribution in [0.2, 0.25) is 0 Å². The highest BCUT2D eigenvalue weighted by atomic mass is 32.1. The van der Waals surface area contributed by atoms with Crippen LogP contribution < -0.4 is 16.0 Å². The number of fused-ring (bicyclic) bond motifs is 2. The Morgan fingerprint density at radius 1 is 0.552 bits per heavy atom. The zero-order valence-corrected chi connectivity index (χ0v) is 41.1. The summed E-state index contributed by atoms with van der Waals surface area (Å²) in [6.45, 7) is 3.53. The Morgan fingerprint density at radius 3 is 1.55 bits per heavy atom. The third kappa shape index (κ3) is 14.6. The fourth-order valence-corrected chi connectivity index (χ4v) is 12.1. The Morgan fingerprint density at radius 2 is 1.01 bits per heavy atom. The van der Waals surface area contributed by atoms with Crippen LogP contribution in [0.4, 0.5) is 21.6 Å². The molecule has 67 heavy (non-hydrogen) atoms. The Hall–Kier alpha value is -4.84. The molecule has 0 saturated heterocycles. The summed E-state index contributed by atoms with van der Waals surface area (Å²) in [6, 6.07) is 29.5. The molecule has 6 aromatic rings. The fourth-order valence-electron chi connectivity index (χ4n) is 10.6. The summed E-state index contributed by atoms with van der Waals surface area (Å²) in [5.74, 6) is 1.47. The number of nitrogens with zero attached hydrogens (tertiary/aromatic N) is 3. The highest BCUT2D eigenvalue weighted by Gasteiger charge is 2.29. The molecule has 9 nitrogen and oxygen atoms in total. The van der Waals surface area contributed by atoms with Gasteiger partial charge in [-0.3, -0.25) is 9.59 Å². The smallest absolute Gasteiger partial charge is 0.306 e. The number of hydrogen-bond acceptors (Lipinski definition) is 9. The number of nitrogens with one attached hydrogen (secondary N) is 3. The number of benzene rings is 4. The van der Waals surface area contributed by atoms with E-state index in [9.17, 15) is 9.59 Å². The van der Waals surface area contributed by atoms with Crippen molar-refractivity contribution in [1.29, 1.82) is 0 Å². The molecule has 0 atom stereocenters. The second kappa shape index (κ2) is 25.5. The van der Waals surface area contributed by atoms with Gasteiger partial charge in [0.1, 0.15) is 0 Å². The van der Waals surface area contributed by atoms with E-state index in [-0.39, 0.29) is 11.8 Å². The lowest BCUT2D eigenvalue weighted by atomic mass is 9.86. The first-order valence-corrected chi connectivity index (χ1v) is 27.3. The van der Waals surface area contributed by atoms with Crippen LogP contribution in [0.5, 0.6) is 0 Å². The van der Waals surface area contributed by atoms with Gasteiger partial charge >= 0.3 is 5.97 Å². The van der Waals surface area contributed by atoms with E-state index in [0.29, 0.717) is 18.4 Å². The molecule has 4 fully saturated rings. The maximum atomic E-state index is 13.5. The van der Waals surface area contributed by atoms with Crippen molar-refractivity contribution < 1.29 is 14.7 Å². The second-order valence-electron chi connectivity index (χ2n) is 19.5. The molecular formula is C56H72N6O3S2. The van der Waals surface area contributed by atoms with E-state index in [0.717, 1.165) is 97.1 Å². The van der Waals surface area contributed by atoms with E-state index >= 15 is 0 Å². The summed E-state index contributed by atoms with van der Waals surface area (Å²) >= 11 is 3.30. The summed E-state index contributed by atoms with van der Waals surface area (Å²) in [6.07, 6.45) is 24.5. The van der Waals surface area contributed by atoms with Gasteiger partial charge in [-0.05, 0) is 92.7 Å². The Balaban J connectivity index is 0.000000157. The Labute approximate surface area is 406 Å². The number of carbonyl (C=O) groups is 2. The molecule has 4 saturated carbocycles. The molecule has 0 aliphatic heterocycles. The van der Waals surface area contributed by atoms with Crippen molar-refractivity contribution in [3.8, 4) is 0 Å². The van der Waals surface area contributed by atoms with E-state index in [1.54, 1.807) is 22.7 Å². The highest BCUT2D eigenvalue weighted by molar-refractivity contribution is 7.14. The Kier molecular flexibility index (Phi) is 18.5. The molecule has 4 aliphatic rings. The minimum atomic E-state index is -0.602. The Bertz CT molecular complexity index is 2430. The number of carboxylic acid groups (broad SMARTS) is 1. The molecule has 1 amide bonds. The topological polar surface area (TPSA) is 119 Å². The zero-order chi connectivity index (χ0) is 46.0. The van der Waals surface area contributed by atoms with Crippen LogP contribution in [0.15, 0.2) is 95.7 Å². The van der Waals surface area contributed by atoms with Crippen molar-refractivity contribution in [2.75, 3.05) is 23.7 Å². The number of aromatic nitrogens is 2. The molecule has 10 rings (SSSR count). The third-order valence-electron chi connectivity index (χ3n) is 14.4. The van der Waals surface area contributed by atoms with Crippen molar-refractivity contribution in [2.45, 2.75) is 142 Å². The zero-order valence-electron chi connectivity index (χ0n) is 39.4. The number of rotatable bonds is 14. The molecular weight excluding hydrogens is 869 g/mol. The number of thiazole rings is 2. The highest BCUT2D eigenvalue weighted by Crippen LogP contribution is 2.33. The predicted molar refractivity (Wildman–Crippen MR) is 280 cm³/mol. The molecule has 0 bridgehead atoms. The number of hydrogen-bond donors (Lipinski definition) is 4. The number of aliphatic carboxylic acids is 1. The molecule has 4 aliphatic carbocycles. The van der Waals surface area contributed by atoms with Gasteiger partial charge in [-0.25, -0.2) is 9.97 Å². The number of carboxylic acids is 1. The van der Waals surface area contributed by atoms with Gasteiger partial charge in [0.2, 0.25) is 5.91 Å². The molecule has 2 aromatic heterocycles. The van der Waals surface area contributed by atoms with Crippen LogP contribution in [0.1, 0.15) is 140 Å². The largest absolute Gasteiger partial charge is 0.481 e. The van der Waals surface area contributed by atoms with Gasteiger partial charge in [-0.15, -0.1) is 22.7 Å². The van der Waals surface area contributed by atoms with E-state index in [1.807, 2.05) is 0 Å². The van der Waals surface area contributed by atoms with Crippen LogP contribution in [0.25, 0.3) is 21.5 Å². The lowest BCUT2D eigenvalue weighted by molar-refractivity contribution is -0.142. The molecule has 0 unspecified atom stereocenters. The second-order valence-corrected chi connectivity index (χ2v) is 21.2. The normalized spacial score (nSPS) is 17.5. The molecule has 0 spiro atoms. The van der Waals surface area contributed by atoms with Crippen LogP contribution in [-0.4, -0.2) is 44.9 Å². The standard InChI is InChI=1S/C28H35N3OS.C21H25N3S.C7H12O2/c32-27(23-13-5-2-6-14-23)31(18-21-10-3-1-4-11-21)19-24-20-33-28(29-24)30-26-17-9-15-22-12-7-8-16-25(22)26;1-2-7-16(8-3-1)13-22-14-18-15-25-21(23-18)24-20-12-6-10-17-9-4-5-11-19(17)20;8-7(9)6-4-2-1-3-5-6/h7-9,12,15-17,20-21,23H,1-6,10-11,13-14,18-19H2,(H,29,30);4-6,9-12,15-16,22H,1-3,7-8,13-14H2,(H,23,24);6H,1-5H2,(H,8,9). The molecule has 356 valence electrons. The monoisotopic (exact) mass is 941 g/mol. The van der Waals surface area contributed by atoms with Crippen LogP contribution >= 0.6 is 22.7 Å². The molecule has 4 N–H and O–H groups in total. The molecule has 11 heteroatoms. The molecule has 0 radical (unpaired) electrons. The van der Waals surface area contributed by atoms with Crippen LogP contribution in [0.3, 0.4) is 0 Å². The first-order valence-electron chi connectivity index (χ1n) is 25.6. The van der Waals surface area contributed by atoms with Gasteiger partial charge in [-0.2, -0.15) is 0 Å². The minimum Gasteiger partial charge on any atom is -0.481 e. The van der Waals surface area contributed by atoms with E-state index in [4.69, 9.17) is 15.1 Å². The maximum Gasteiger partial charge on any atom is 0.306 e. The first kappa shape index (κ1) is 48.6. The first-order chi connectivity index (χ1) is 32.9. The molecule has 2 heterocycles. The van der Waals surface area contributed by atoms with E-state index in [2.05, 4.69) is 117 Å². The fraction of sp³-hybridized carbons (Fsp3) is 0.500. The summed E-state index contributed by atoms with van der Waals surface area (Å²) in [7, 11) is 0. The van der Waals surface area contributed by atoms with Crippen LogP contribution in [-0.2, 0) is 22.7 Å². The van der Waals surface area contributed by atoms with Crippen LogP contribution in [0, 0.1) is 23.7 Å².